The molecule has 1 aliphatic rings. The lowest BCUT2D eigenvalue weighted by atomic mass is 9.95. The quantitative estimate of drug-likeness (QED) is 0.881. The first kappa shape index (κ1) is 13.8. The highest BCUT2D eigenvalue weighted by atomic mass is 19.1. The molecule has 1 aliphatic carbocycles. The van der Waals surface area contributed by atoms with E-state index in [0.29, 0.717) is 0 Å². The van der Waals surface area contributed by atoms with Crippen LogP contribution in [0.3, 0.4) is 0 Å². The molecule has 0 aromatic heterocycles. The molecule has 104 valence electrons. The molecule has 0 radical (unpaired) electrons. The first-order valence-corrected chi connectivity index (χ1v) is 6.64. The van der Waals surface area contributed by atoms with E-state index in [4.69, 9.17) is 0 Å². The van der Waals surface area contributed by atoms with Crippen LogP contribution in [0.15, 0.2) is 18.2 Å². The van der Waals surface area contributed by atoms with Crippen molar-refractivity contribution in [3.63, 3.8) is 0 Å². The summed E-state index contributed by atoms with van der Waals surface area (Å²) in [4.78, 5) is 11.7. The second kappa shape index (κ2) is 6.50. The van der Waals surface area contributed by atoms with Crippen LogP contribution in [0.5, 0.6) is 0 Å². The molecular weight excluding hydrogens is 250 g/mol. The molecule has 0 atom stereocenters. The number of para-hydroxylation sites is 1. The van der Waals surface area contributed by atoms with Crippen LogP contribution in [0, 0.1) is 11.6 Å². The van der Waals surface area contributed by atoms with Gasteiger partial charge in [0.1, 0.15) is 17.3 Å². The van der Waals surface area contributed by atoms with E-state index in [0.717, 1.165) is 37.8 Å². The summed E-state index contributed by atoms with van der Waals surface area (Å²) in [5.74, 6) is -1.61. The lowest BCUT2D eigenvalue weighted by Crippen LogP contribution is -2.39. The van der Waals surface area contributed by atoms with Gasteiger partial charge in [0.25, 0.3) is 0 Å². The summed E-state index contributed by atoms with van der Waals surface area (Å²) in [5.41, 5.74) is -0.249. The van der Waals surface area contributed by atoms with Crippen molar-refractivity contribution in [2.75, 3.05) is 11.9 Å². The minimum Gasteiger partial charge on any atom is -0.371 e. The van der Waals surface area contributed by atoms with Crippen molar-refractivity contribution in [2.45, 2.75) is 38.1 Å². The predicted molar refractivity (Wildman–Crippen MR) is 69.9 cm³/mol. The summed E-state index contributed by atoms with van der Waals surface area (Å²) in [5, 5.41) is 5.39. The number of benzene rings is 1. The van der Waals surface area contributed by atoms with Crippen molar-refractivity contribution >= 4 is 11.6 Å². The van der Waals surface area contributed by atoms with Crippen LogP contribution >= 0.6 is 0 Å². The van der Waals surface area contributed by atoms with Gasteiger partial charge in [-0.1, -0.05) is 25.3 Å². The zero-order chi connectivity index (χ0) is 13.7. The summed E-state index contributed by atoms with van der Waals surface area (Å²) >= 11 is 0. The maximum absolute atomic E-state index is 13.3. The highest BCUT2D eigenvalue weighted by molar-refractivity contribution is 5.81. The smallest absolute Gasteiger partial charge is 0.239 e. The average Bonchev–Trinajstić information content (AvgIpc) is 2.39. The number of amides is 1. The summed E-state index contributed by atoms with van der Waals surface area (Å²) in [6.07, 6.45) is 5.44. The minimum atomic E-state index is -0.689. The predicted octanol–water partition coefficient (Wildman–Crippen LogP) is 2.83. The molecule has 5 heteroatoms. The zero-order valence-electron chi connectivity index (χ0n) is 10.7. The number of rotatable bonds is 4. The van der Waals surface area contributed by atoms with Gasteiger partial charge in [-0.25, -0.2) is 8.78 Å². The molecule has 0 heterocycles. The number of anilines is 1. The monoisotopic (exact) mass is 268 g/mol. The number of carbonyl (C=O) groups is 1. The third-order valence-electron chi connectivity index (χ3n) is 3.36. The molecule has 2 N–H and O–H groups in total. The molecule has 3 nitrogen and oxygen atoms in total. The number of hydrogen-bond donors (Lipinski definition) is 2. The molecule has 19 heavy (non-hydrogen) atoms. The maximum Gasteiger partial charge on any atom is 0.239 e. The van der Waals surface area contributed by atoms with Gasteiger partial charge >= 0.3 is 0 Å². The lowest BCUT2D eigenvalue weighted by molar-refractivity contribution is -0.120. The minimum absolute atomic E-state index is 0.117. The molecule has 2 rings (SSSR count). The summed E-state index contributed by atoms with van der Waals surface area (Å²) in [6.45, 7) is -0.117. The SMILES string of the molecule is O=C(CNc1c(F)cccc1F)NC1CCCCC1. The van der Waals surface area contributed by atoms with E-state index in [1.54, 1.807) is 0 Å². The first-order valence-electron chi connectivity index (χ1n) is 6.64. The van der Waals surface area contributed by atoms with Gasteiger partial charge in [0.2, 0.25) is 5.91 Å². The van der Waals surface area contributed by atoms with E-state index >= 15 is 0 Å². The number of carbonyl (C=O) groups excluding carboxylic acids is 1. The Bertz CT molecular complexity index is 425. The third-order valence-corrected chi connectivity index (χ3v) is 3.36. The number of hydrogen-bond acceptors (Lipinski definition) is 2. The molecule has 1 aromatic carbocycles. The number of halogens is 2. The Morgan fingerprint density at radius 3 is 2.42 bits per heavy atom. The van der Waals surface area contributed by atoms with Crippen molar-refractivity contribution in [3.05, 3.63) is 29.8 Å². The highest BCUT2D eigenvalue weighted by Crippen LogP contribution is 2.18. The molecular formula is C14H18F2N2O. The molecule has 1 aromatic rings. The molecule has 1 amide bonds. The van der Waals surface area contributed by atoms with Crippen LogP contribution in [0.4, 0.5) is 14.5 Å². The zero-order valence-corrected chi connectivity index (χ0v) is 10.7. The van der Waals surface area contributed by atoms with Crippen molar-refractivity contribution in [1.29, 1.82) is 0 Å². The van der Waals surface area contributed by atoms with Crippen LogP contribution in [0.25, 0.3) is 0 Å². The van der Waals surface area contributed by atoms with Gasteiger partial charge in [-0.15, -0.1) is 0 Å². The Morgan fingerprint density at radius 2 is 1.79 bits per heavy atom. The molecule has 0 aliphatic heterocycles. The van der Waals surface area contributed by atoms with Gasteiger partial charge in [0.05, 0.1) is 6.54 Å². The van der Waals surface area contributed by atoms with Crippen LogP contribution in [0.1, 0.15) is 32.1 Å². The third kappa shape index (κ3) is 3.91. The molecule has 0 saturated heterocycles. The molecule has 0 bridgehead atoms. The fourth-order valence-electron chi connectivity index (χ4n) is 2.36. The standard InChI is InChI=1S/C14H18F2N2O/c15-11-7-4-8-12(16)14(11)17-9-13(19)18-10-5-2-1-3-6-10/h4,7-8,10,17H,1-3,5-6,9H2,(H,18,19). The Hall–Kier alpha value is -1.65. The van der Waals surface area contributed by atoms with Crippen LogP contribution in [-0.4, -0.2) is 18.5 Å². The van der Waals surface area contributed by atoms with Gasteiger partial charge in [0.15, 0.2) is 0 Å². The van der Waals surface area contributed by atoms with E-state index in [-0.39, 0.29) is 24.2 Å². The van der Waals surface area contributed by atoms with Crippen molar-refractivity contribution in [1.82, 2.24) is 5.32 Å². The fourth-order valence-corrected chi connectivity index (χ4v) is 2.36. The Kier molecular flexibility index (Phi) is 4.71. The Balaban J connectivity index is 1.83. The van der Waals surface area contributed by atoms with Gasteiger partial charge in [0, 0.05) is 6.04 Å². The molecule has 1 saturated carbocycles. The summed E-state index contributed by atoms with van der Waals surface area (Å²) < 4.78 is 26.7. The largest absolute Gasteiger partial charge is 0.371 e. The summed E-state index contributed by atoms with van der Waals surface area (Å²) in [7, 11) is 0. The maximum atomic E-state index is 13.3. The van der Waals surface area contributed by atoms with E-state index in [2.05, 4.69) is 10.6 Å². The van der Waals surface area contributed by atoms with Crippen molar-refractivity contribution in [2.24, 2.45) is 0 Å². The van der Waals surface area contributed by atoms with E-state index in [1.165, 1.54) is 12.5 Å². The average molecular weight is 268 g/mol. The lowest BCUT2D eigenvalue weighted by Gasteiger charge is -2.22. The van der Waals surface area contributed by atoms with Gasteiger partial charge < -0.3 is 10.6 Å². The second-order valence-corrected chi connectivity index (χ2v) is 4.85. The van der Waals surface area contributed by atoms with Gasteiger partial charge in [-0.2, -0.15) is 0 Å². The molecule has 1 fully saturated rings. The van der Waals surface area contributed by atoms with Crippen molar-refractivity contribution < 1.29 is 13.6 Å². The van der Waals surface area contributed by atoms with Gasteiger partial charge in [-0.05, 0) is 25.0 Å². The summed E-state index contributed by atoms with van der Waals surface area (Å²) in [6, 6.07) is 3.81. The van der Waals surface area contributed by atoms with Crippen LogP contribution < -0.4 is 10.6 Å². The second-order valence-electron chi connectivity index (χ2n) is 4.85. The molecule has 0 unspecified atom stereocenters. The normalized spacial score (nSPS) is 16.1. The topological polar surface area (TPSA) is 41.1 Å². The Morgan fingerprint density at radius 1 is 1.16 bits per heavy atom. The molecule has 0 spiro atoms. The first-order chi connectivity index (χ1) is 9.16. The van der Waals surface area contributed by atoms with E-state index in [1.807, 2.05) is 0 Å². The van der Waals surface area contributed by atoms with Gasteiger partial charge in [-0.3, -0.25) is 4.79 Å². The number of nitrogens with one attached hydrogen (secondary N) is 2. The van der Waals surface area contributed by atoms with Crippen LogP contribution in [-0.2, 0) is 4.79 Å². The Labute approximate surface area is 111 Å². The fraction of sp³-hybridized carbons (Fsp3) is 0.500. The van der Waals surface area contributed by atoms with Crippen LogP contribution in [0.2, 0.25) is 0 Å². The highest BCUT2D eigenvalue weighted by Gasteiger charge is 2.16. The van der Waals surface area contributed by atoms with E-state index < -0.39 is 11.6 Å². The van der Waals surface area contributed by atoms with Crippen molar-refractivity contribution in [3.8, 4) is 0 Å². The van der Waals surface area contributed by atoms with E-state index in [9.17, 15) is 13.6 Å².